The van der Waals surface area contributed by atoms with E-state index in [9.17, 15) is 8.78 Å². The van der Waals surface area contributed by atoms with Gasteiger partial charge in [0.05, 0.1) is 13.2 Å². The van der Waals surface area contributed by atoms with Crippen molar-refractivity contribution >= 4 is 5.96 Å². The third-order valence-corrected chi connectivity index (χ3v) is 4.26. The lowest BCUT2D eigenvalue weighted by Gasteiger charge is -2.26. The Kier molecular flexibility index (Phi) is 7.55. The minimum absolute atomic E-state index is 0.0976. The Morgan fingerprint density at radius 3 is 2.41 bits per heavy atom. The summed E-state index contributed by atoms with van der Waals surface area (Å²) >= 11 is 0. The van der Waals surface area contributed by atoms with Crippen molar-refractivity contribution in [3.05, 3.63) is 65.2 Å². The Labute approximate surface area is 159 Å². The molecule has 0 aliphatic heterocycles. The van der Waals surface area contributed by atoms with Crippen LogP contribution in [0, 0.1) is 11.6 Å². The second kappa shape index (κ2) is 9.87. The normalized spacial score (nSPS) is 12.8. The van der Waals surface area contributed by atoms with Crippen molar-refractivity contribution in [1.82, 2.24) is 15.5 Å². The van der Waals surface area contributed by atoms with Gasteiger partial charge in [-0.1, -0.05) is 12.1 Å². The first-order chi connectivity index (χ1) is 12.9. The zero-order valence-electron chi connectivity index (χ0n) is 16.1. The van der Waals surface area contributed by atoms with Crippen LogP contribution in [-0.2, 0) is 6.54 Å². The molecular weight excluding hydrogens is 350 g/mol. The van der Waals surface area contributed by atoms with E-state index in [1.807, 2.05) is 38.4 Å². The van der Waals surface area contributed by atoms with Gasteiger partial charge in [-0.3, -0.25) is 4.99 Å². The summed E-state index contributed by atoms with van der Waals surface area (Å²) in [6, 6.07) is 11.4. The number of nitrogens with one attached hydrogen (secondary N) is 2. The van der Waals surface area contributed by atoms with Gasteiger partial charge < -0.3 is 20.3 Å². The molecule has 27 heavy (non-hydrogen) atoms. The molecule has 0 radical (unpaired) electrons. The van der Waals surface area contributed by atoms with Gasteiger partial charge in [-0.2, -0.15) is 0 Å². The van der Waals surface area contributed by atoms with E-state index >= 15 is 0 Å². The predicted molar refractivity (Wildman–Crippen MR) is 104 cm³/mol. The standard InChI is InChI=1S/C20H26F2N4O/c1-23-20(24-12-15-11-16(21)7-10-18(15)22)25-13-19(26(2)3)14-5-8-17(27-4)9-6-14/h5-11,19H,12-13H2,1-4H3,(H2,23,24,25). The van der Waals surface area contributed by atoms with E-state index in [4.69, 9.17) is 4.74 Å². The number of aliphatic imine (C=N–C) groups is 1. The fraction of sp³-hybridized carbons (Fsp3) is 0.350. The molecule has 1 unspecified atom stereocenters. The summed E-state index contributed by atoms with van der Waals surface area (Å²) in [5.74, 6) is 0.393. The van der Waals surface area contributed by atoms with Crippen LogP contribution in [0.4, 0.5) is 8.78 Å². The quantitative estimate of drug-likeness (QED) is 0.576. The van der Waals surface area contributed by atoms with E-state index in [0.717, 1.165) is 23.4 Å². The van der Waals surface area contributed by atoms with Crippen LogP contribution in [0.1, 0.15) is 17.2 Å². The fourth-order valence-corrected chi connectivity index (χ4v) is 2.70. The summed E-state index contributed by atoms with van der Waals surface area (Å²) in [5, 5.41) is 6.24. The van der Waals surface area contributed by atoms with Crippen molar-refractivity contribution in [3.63, 3.8) is 0 Å². The average molecular weight is 376 g/mol. The zero-order valence-corrected chi connectivity index (χ0v) is 16.1. The molecular formula is C20H26F2N4O. The number of likely N-dealkylation sites (N-methyl/N-ethyl adjacent to an activating group) is 1. The molecule has 0 saturated heterocycles. The largest absolute Gasteiger partial charge is 0.497 e. The molecule has 7 heteroatoms. The Hall–Kier alpha value is -2.67. The van der Waals surface area contributed by atoms with Crippen LogP contribution in [0.5, 0.6) is 5.75 Å². The van der Waals surface area contributed by atoms with Crippen LogP contribution in [0.15, 0.2) is 47.5 Å². The second-order valence-corrected chi connectivity index (χ2v) is 6.29. The fourth-order valence-electron chi connectivity index (χ4n) is 2.70. The number of halogens is 2. The van der Waals surface area contributed by atoms with Gasteiger partial charge in [-0.05, 0) is 50.0 Å². The first-order valence-corrected chi connectivity index (χ1v) is 8.63. The van der Waals surface area contributed by atoms with Crippen LogP contribution < -0.4 is 15.4 Å². The lowest BCUT2D eigenvalue weighted by molar-refractivity contribution is 0.298. The SMILES string of the molecule is CN=C(NCc1cc(F)ccc1F)NCC(c1ccc(OC)cc1)N(C)C. The summed E-state index contributed by atoms with van der Waals surface area (Å²) in [5.41, 5.74) is 1.37. The average Bonchev–Trinajstić information content (AvgIpc) is 2.67. The Morgan fingerprint density at radius 1 is 1.11 bits per heavy atom. The number of benzene rings is 2. The smallest absolute Gasteiger partial charge is 0.191 e. The molecule has 2 aromatic carbocycles. The number of guanidine groups is 1. The van der Waals surface area contributed by atoms with Crippen molar-refractivity contribution in [2.45, 2.75) is 12.6 Å². The number of nitrogens with zero attached hydrogens (tertiary/aromatic N) is 2. The lowest BCUT2D eigenvalue weighted by Crippen LogP contribution is -2.41. The van der Waals surface area contributed by atoms with Crippen molar-refractivity contribution in [3.8, 4) is 5.75 Å². The van der Waals surface area contributed by atoms with Crippen molar-refractivity contribution in [2.24, 2.45) is 4.99 Å². The third-order valence-electron chi connectivity index (χ3n) is 4.26. The first-order valence-electron chi connectivity index (χ1n) is 8.63. The highest BCUT2D eigenvalue weighted by Crippen LogP contribution is 2.20. The molecule has 0 amide bonds. The summed E-state index contributed by atoms with van der Waals surface area (Å²) in [7, 11) is 7.26. The van der Waals surface area contributed by atoms with Gasteiger partial charge in [0.25, 0.3) is 0 Å². The minimum atomic E-state index is -0.469. The third kappa shape index (κ3) is 5.92. The van der Waals surface area contributed by atoms with Gasteiger partial charge >= 0.3 is 0 Å². The molecule has 2 N–H and O–H groups in total. The summed E-state index contributed by atoms with van der Waals surface area (Å²) in [4.78, 5) is 6.24. The summed E-state index contributed by atoms with van der Waals surface area (Å²) < 4.78 is 32.2. The van der Waals surface area contributed by atoms with Crippen molar-refractivity contribution in [1.29, 1.82) is 0 Å². The van der Waals surface area contributed by atoms with Crippen LogP contribution in [-0.4, -0.2) is 45.7 Å². The van der Waals surface area contributed by atoms with Gasteiger partial charge in [0.1, 0.15) is 17.4 Å². The maximum absolute atomic E-state index is 13.7. The molecule has 0 saturated carbocycles. The number of hydrogen-bond donors (Lipinski definition) is 2. The number of rotatable bonds is 7. The van der Waals surface area contributed by atoms with E-state index in [-0.39, 0.29) is 18.2 Å². The molecule has 146 valence electrons. The Morgan fingerprint density at radius 2 is 1.81 bits per heavy atom. The topological polar surface area (TPSA) is 48.9 Å². The number of ether oxygens (including phenoxy) is 1. The molecule has 1 atom stereocenters. The zero-order chi connectivity index (χ0) is 19.8. The molecule has 2 rings (SSSR count). The molecule has 0 aliphatic carbocycles. The summed E-state index contributed by atoms with van der Waals surface area (Å²) in [6.45, 7) is 0.725. The highest BCUT2D eigenvalue weighted by molar-refractivity contribution is 5.79. The van der Waals surface area contributed by atoms with Crippen LogP contribution >= 0.6 is 0 Å². The van der Waals surface area contributed by atoms with Gasteiger partial charge in [-0.25, -0.2) is 8.78 Å². The highest BCUT2D eigenvalue weighted by Gasteiger charge is 2.15. The van der Waals surface area contributed by atoms with Gasteiger partial charge in [0, 0.05) is 25.7 Å². The van der Waals surface area contributed by atoms with E-state index in [2.05, 4.69) is 20.5 Å². The van der Waals surface area contributed by atoms with Crippen LogP contribution in [0.3, 0.4) is 0 Å². The number of methoxy groups -OCH3 is 1. The maximum Gasteiger partial charge on any atom is 0.191 e. The van der Waals surface area contributed by atoms with Crippen LogP contribution in [0.2, 0.25) is 0 Å². The molecule has 0 spiro atoms. The predicted octanol–water partition coefficient (Wildman–Crippen LogP) is 2.94. The van der Waals surface area contributed by atoms with Crippen LogP contribution in [0.25, 0.3) is 0 Å². The second-order valence-electron chi connectivity index (χ2n) is 6.29. The van der Waals surface area contributed by atoms with E-state index in [0.29, 0.717) is 12.5 Å². The van der Waals surface area contributed by atoms with E-state index in [1.54, 1.807) is 14.2 Å². The van der Waals surface area contributed by atoms with Crippen molar-refractivity contribution < 1.29 is 13.5 Å². The highest BCUT2D eigenvalue weighted by atomic mass is 19.1. The molecule has 0 fully saturated rings. The van der Waals surface area contributed by atoms with E-state index in [1.165, 1.54) is 6.07 Å². The molecule has 0 aromatic heterocycles. The Balaban J connectivity index is 1.98. The van der Waals surface area contributed by atoms with Gasteiger partial charge in [0.15, 0.2) is 5.96 Å². The monoisotopic (exact) mass is 376 g/mol. The maximum atomic E-state index is 13.7. The Bertz CT molecular complexity index is 763. The summed E-state index contributed by atoms with van der Waals surface area (Å²) in [6.07, 6.45) is 0. The van der Waals surface area contributed by atoms with Crippen molar-refractivity contribution in [2.75, 3.05) is 34.8 Å². The first kappa shape index (κ1) is 20.6. The van der Waals surface area contributed by atoms with E-state index < -0.39 is 11.6 Å². The number of hydrogen-bond acceptors (Lipinski definition) is 3. The minimum Gasteiger partial charge on any atom is -0.497 e. The molecule has 0 bridgehead atoms. The van der Waals surface area contributed by atoms with Gasteiger partial charge in [0.2, 0.25) is 0 Å². The molecule has 0 heterocycles. The lowest BCUT2D eigenvalue weighted by atomic mass is 10.1. The molecule has 5 nitrogen and oxygen atoms in total. The molecule has 0 aliphatic rings. The molecule has 2 aromatic rings. The van der Waals surface area contributed by atoms with Gasteiger partial charge in [-0.15, -0.1) is 0 Å².